The molecule has 2 heterocycles. The van der Waals surface area contributed by atoms with Crippen molar-refractivity contribution in [1.29, 1.82) is 0 Å². The second-order valence-corrected chi connectivity index (χ2v) is 3.85. The second-order valence-electron chi connectivity index (χ2n) is 3.85. The van der Waals surface area contributed by atoms with Crippen molar-refractivity contribution in [1.82, 2.24) is 4.98 Å². The monoisotopic (exact) mass is 206 g/mol. The molecule has 1 aromatic heterocycles. The van der Waals surface area contributed by atoms with E-state index in [9.17, 15) is 9.90 Å². The van der Waals surface area contributed by atoms with Crippen molar-refractivity contribution in [2.24, 2.45) is 0 Å². The van der Waals surface area contributed by atoms with Gasteiger partial charge < -0.3 is 10.0 Å². The first kappa shape index (κ1) is 10.1. The fourth-order valence-corrected chi connectivity index (χ4v) is 1.76. The van der Waals surface area contributed by atoms with E-state index < -0.39 is 0 Å². The van der Waals surface area contributed by atoms with E-state index in [0.29, 0.717) is 12.2 Å². The third-order valence-electron chi connectivity index (χ3n) is 2.64. The van der Waals surface area contributed by atoms with Crippen LogP contribution in [0.15, 0.2) is 18.3 Å². The van der Waals surface area contributed by atoms with E-state index in [1.54, 1.807) is 12.3 Å². The van der Waals surface area contributed by atoms with Gasteiger partial charge in [0, 0.05) is 20.0 Å². The predicted octanol–water partition coefficient (Wildman–Crippen LogP) is 0.855. The van der Waals surface area contributed by atoms with Crippen LogP contribution in [0.25, 0.3) is 0 Å². The molecule has 0 saturated carbocycles. The summed E-state index contributed by atoms with van der Waals surface area (Å²) in [6, 6.07) is 3.60. The maximum atomic E-state index is 11.0. The van der Waals surface area contributed by atoms with Gasteiger partial charge in [0.15, 0.2) is 5.78 Å². The Kier molecular flexibility index (Phi) is 2.68. The Bertz CT molecular complexity index is 361. The van der Waals surface area contributed by atoms with E-state index in [-0.39, 0.29) is 11.9 Å². The van der Waals surface area contributed by atoms with Gasteiger partial charge in [-0.25, -0.2) is 0 Å². The van der Waals surface area contributed by atoms with Gasteiger partial charge in [0.05, 0.1) is 18.0 Å². The van der Waals surface area contributed by atoms with E-state index in [4.69, 9.17) is 0 Å². The highest BCUT2D eigenvalue weighted by Gasteiger charge is 2.20. The highest BCUT2D eigenvalue weighted by molar-refractivity contribution is 5.92. The first-order chi connectivity index (χ1) is 7.16. The quantitative estimate of drug-likeness (QED) is 0.729. The highest BCUT2D eigenvalue weighted by atomic mass is 16.3. The van der Waals surface area contributed by atoms with Gasteiger partial charge in [-0.1, -0.05) is 0 Å². The van der Waals surface area contributed by atoms with Gasteiger partial charge in [-0.05, 0) is 18.6 Å². The van der Waals surface area contributed by atoms with E-state index in [0.717, 1.165) is 18.7 Å². The van der Waals surface area contributed by atoms with Gasteiger partial charge >= 0.3 is 0 Å². The Balaban J connectivity index is 2.13. The van der Waals surface area contributed by atoms with Crippen LogP contribution in [0, 0.1) is 0 Å². The van der Waals surface area contributed by atoms with E-state index in [2.05, 4.69) is 9.88 Å². The zero-order chi connectivity index (χ0) is 10.8. The number of ketones is 1. The van der Waals surface area contributed by atoms with Crippen LogP contribution in [0.3, 0.4) is 0 Å². The lowest BCUT2D eigenvalue weighted by Crippen LogP contribution is -2.21. The molecule has 1 saturated heterocycles. The van der Waals surface area contributed by atoms with Crippen molar-refractivity contribution in [2.45, 2.75) is 19.4 Å². The summed E-state index contributed by atoms with van der Waals surface area (Å²) in [5.74, 6) is -0.0250. The molecule has 1 fully saturated rings. The number of aliphatic hydroxyl groups is 1. The first-order valence-corrected chi connectivity index (χ1v) is 5.07. The number of β-amino-alcohol motifs (C(OH)–C–C–N with tert-alkyl or cyclic N) is 1. The molecule has 0 spiro atoms. The minimum absolute atomic E-state index is 0.0250. The Hall–Kier alpha value is -1.42. The summed E-state index contributed by atoms with van der Waals surface area (Å²) in [7, 11) is 0. The first-order valence-electron chi connectivity index (χ1n) is 5.07. The Labute approximate surface area is 88.6 Å². The molecule has 0 amide bonds. The highest BCUT2D eigenvalue weighted by Crippen LogP contribution is 2.19. The molecule has 1 aliphatic rings. The summed E-state index contributed by atoms with van der Waals surface area (Å²) >= 11 is 0. The zero-order valence-corrected chi connectivity index (χ0v) is 8.68. The van der Waals surface area contributed by atoms with Crippen molar-refractivity contribution in [2.75, 3.05) is 18.0 Å². The van der Waals surface area contributed by atoms with Crippen LogP contribution in [0.1, 0.15) is 23.8 Å². The van der Waals surface area contributed by atoms with Crippen LogP contribution in [-0.4, -0.2) is 35.1 Å². The van der Waals surface area contributed by atoms with Crippen LogP contribution in [0.4, 0.5) is 5.69 Å². The summed E-state index contributed by atoms with van der Waals surface area (Å²) in [4.78, 5) is 17.2. The number of hydrogen-bond donors (Lipinski definition) is 1. The molecule has 1 aliphatic heterocycles. The van der Waals surface area contributed by atoms with Crippen molar-refractivity contribution >= 4 is 11.5 Å². The topological polar surface area (TPSA) is 53.4 Å². The van der Waals surface area contributed by atoms with Crippen LogP contribution >= 0.6 is 0 Å². The van der Waals surface area contributed by atoms with Crippen molar-refractivity contribution in [3.05, 3.63) is 24.0 Å². The summed E-state index contributed by atoms with van der Waals surface area (Å²) in [6.07, 6.45) is 2.25. The second kappa shape index (κ2) is 3.98. The minimum Gasteiger partial charge on any atom is -0.391 e. The summed E-state index contributed by atoms with van der Waals surface area (Å²) in [5.41, 5.74) is 1.45. The van der Waals surface area contributed by atoms with Crippen LogP contribution in [-0.2, 0) is 0 Å². The molecule has 1 N–H and O–H groups in total. The molecule has 0 radical (unpaired) electrons. The van der Waals surface area contributed by atoms with E-state index in [1.165, 1.54) is 6.92 Å². The smallest absolute Gasteiger partial charge is 0.178 e. The number of Topliss-reactive ketones (excluding diaryl/α,β-unsaturated/α-hetero) is 1. The molecule has 2 rings (SSSR count). The number of nitrogens with zero attached hydrogens (tertiary/aromatic N) is 2. The van der Waals surface area contributed by atoms with E-state index in [1.807, 2.05) is 6.07 Å². The molecule has 80 valence electrons. The van der Waals surface area contributed by atoms with Gasteiger partial charge in [0.2, 0.25) is 0 Å². The molecule has 1 atom stereocenters. The molecule has 0 bridgehead atoms. The molecular weight excluding hydrogens is 192 g/mol. The number of carbonyl (C=O) groups is 1. The van der Waals surface area contributed by atoms with Crippen molar-refractivity contribution in [3.63, 3.8) is 0 Å². The number of aliphatic hydroxyl groups excluding tert-OH is 1. The number of pyridine rings is 1. The fraction of sp³-hybridized carbons (Fsp3) is 0.455. The number of carbonyl (C=O) groups excluding carboxylic acids is 1. The van der Waals surface area contributed by atoms with Gasteiger partial charge in [-0.3, -0.25) is 9.78 Å². The average Bonchev–Trinajstić information content (AvgIpc) is 2.65. The summed E-state index contributed by atoms with van der Waals surface area (Å²) < 4.78 is 0. The molecule has 15 heavy (non-hydrogen) atoms. The van der Waals surface area contributed by atoms with Gasteiger partial charge in [0.25, 0.3) is 0 Å². The van der Waals surface area contributed by atoms with Crippen LogP contribution in [0.5, 0.6) is 0 Å². The maximum Gasteiger partial charge on any atom is 0.178 e. The van der Waals surface area contributed by atoms with E-state index >= 15 is 0 Å². The molecular formula is C11H14N2O2. The fourth-order valence-electron chi connectivity index (χ4n) is 1.76. The minimum atomic E-state index is -0.238. The standard InChI is InChI=1S/C11H14N2O2/c1-8(14)11-3-2-9(6-12-11)13-5-4-10(15)7-13/h2-3,6,10,15H,4-5,7H2,1H3. The van der Waals surface area contributed by atoms with Crippen molar-refractivity contribution < 1.29 is 9.90 Å². The Morgan fingerprint density at radius 2 is 2.40 bits per heavy atom. The Morgan fingerprint density at radius 1 is 1.60 bits per heavy atom. The third kappa shape index (κ3) is 2.15. The lowest BCUT2D eigenvalue weighted by atomic mass is 10.2. The van der Waals surface area contributed by atoms with Crippen LogP contribution < -0.4 is 4.90 Å². The summed E-state index contributed by atoms with van der Waals surface area (Å²) in [6.45, 7) is 3.00. The normalized spacial score (nSPS) is 20.7. The lowest BCUT2D eigenvalue weighted by molar-refractivity contribution is 0.101. The van der Waals surface area contributed by atoms with Gasteiger partial charge in [0.1, 0.15) is 5.69 Å². The number of hydrogen-bond acceptors (Lipinski definition) is 4. The number of aromatic nitrogens is 1. The molecule has 0 aliphatic carbocycles. The molecule has 0 aromatic carbocycles. The zero-order valence-electron chi connectivity index (χ0n) is 8.68. The average molecular weight is 206 g/mol. The number of rotatable bonds is 2. The molecule has 4 nitrogen and oxygen atoms in total. The molecule has 4 heteroatoms. The van der Waals surface area contributed by atoms with Gasteiger partial charge in [-0.15, -0.1) is 0 Å². The summed E-state index contributed by atoms with van der Waals surface area (Å²) in [5, 5.41) is 9.39. The molecule has 1 aromatic rings. The third-order valence-corrected chi connectivity index (χ3v) is 2.64. The predicted molar refractivity (Wildman–Crippen MR) is 57.1 cm³/mol. The van der Waals surface area contributed by atoms with Crippen LogP contribution in [0.2, 0.25) is 0 Å². The SMILES string of the molecule is CC(=O)c1ccc(N2CCC(O)C2)cn1. The lowest BCUT2D eigenvalue weighted by Gasteiger charge is -2.17. The molecule has 1 unspecified atom stereocenters. The number of anilines is 1. The maximum absolute atomic E-state index is 11.0. The van der Waals surface area contributed by atoms with Crippen molar-refractivity contribution in [3.8, 4) is 0 Å². The van der Waals surface area contributed by atoms with Gasteiger partial charge in [-0.2, -0.15) is 0 Å². The Morgan fingerprint density at radius 3 is 2.87 bits per heavy atom. The largest absolute Gasteiger partial charge is 0.391 e.